The first kappa shape index (κ1) is 17.1. The second-order valence-corrected chi connectivity index (χ2v) is 6.48. The van der Waals surface area contributed by atoms with Crippen molar-refractivity contribution < 1.29 is 9.90 Å². The van der Waals surface area contributed by atoms with Crippen LogP contribution in [0.4, 0.5) is 5.69 Å². The molecule has 0 saturated carbocycles. The number of hydrogen-bond acceptors (Lipinski definition) is 3. The highest BCUT2D eigenvalue weighted by Crippen LogP contribution is 2.29. The minimum Gasteiger partial charge on any atom is -0.508 e. The van der Waals surface area contributed by atoms with Gasteiger partial charge in [0.25, 0.3) is 5.91 Å². The van der Waals surface area contributed by atoms with Crippen molar-refractivity contribution in [3.8, 4) is 5.75 Å². The molecule has 4 nitrogen and oxygen atoms in total. The summed E-state index contributed by atoms with van der Waals surface area (Å²) in [6.45, 7) is 0. The molecule has 0 unspecified atom stereocenters. The van der Waals surface area contributed by atoms with Gasteiger partial charge >= 0.3 is 0 Å². The normalized spacial score (nSPS) is 15.3. The fraction of sp³-hybridized carbons (Fsp3) is 0. The standard InChI is InChI=1S/C22H15ClN2O2/c23-17-8-6-15(7-9-17)14-20-22(27)25(18-10-12-19(26)13-11-18)21(24-20)16-4-2-1-3-5-16/h1-14,26H/b20-14-. The molecule has 3 aromatic rings. The summed E-state index contributed by atoms with van der Waals surface area (Å²) in [7, 11) is 0. The van der Waals surface area contributed by atoms with Gasteiger partial charge in [-0.2, -0.15) is 0 Å². The van der Waals surface area contributed by atoms with E-state index in [4.69, 9.17) is 11.6 Å². The first-order chi connectivity index (χ1) is 13.1. The first-order valence-electron chi connectivity index (χ1n) is 8.37. The van der Waals surface area contributed by atoms with E-state index in [2.05, 4.69) is 4.99 Å². The summed E-state index contributed by atoms with van der Waals surface area (Å²) in [5.41, 5.74) is 2.65. The van der Waals surface area contributed by atoms with Crippen LogP contribution in [0.5, 0.6) is 5.75 Å². The lowest BCUT2D eigenvalue weighted by atomic mass is 10.1. The number of carbonyl (C=O) groups excluding carboxylic acids is 1. The predicted molar refractivity (Wildman–Crippen MR) is 108 cm³/mol. The molecule has 0 saturated heterocycles. The van der Waals surface area contributed by atoms with Gasteiger partial charge in [0, 0.05) is 10.6 Å². The van der Waals surface area contributed by atoms with Crippen LogP contribution in [0, 0.1) is 0 Å². The van der Waals surface area contributed by atoms with Gasteiger partial charge in [-0.3, -0.25) is 9.69 Å². The summed E-state index contributed by atoms with van der Waals surface area (Å²) in [6, 6.07) is 23.2. The van der Waals surface area contributed by atoms with Crippen molar-refractivity contribution in [2.45, 2.75) is 0 Å². The number of nitrogens with zero attached hydrogens (tertiary/aromatic N) is 2. The van der Waals surface area contributed by atoms with E-state index in [1.807, 2.05) is 42.5 Å². The van der Waals surface area contributed by atoms with Crippen LogP contribution in [0.3, 0.4) is 0 Å². The minimum absolute atomic E-state index is 0.139. The zero-order chi connectivity index (χ0) is 18.8. The summed E-state index contributed by atoms with van der Waals surface area (Å²) in [5.74, 6) is 0.460. The van der Waals surface area contributed by atoms with Gasteiger partial charge < -0.3 is 5.11 Å². The van der Waals surface area contributed by atoms with Crippen molar-refractivity contribution in [1.29, 1.82) is 0 Å². The highest BCUT2D eigenvalue weighted by molar-refractivity contribution is 6.33. The van der Waals surface area contributed by atoms with Crippen molar-refractivity contribution in [2.75, 3.05) is 4.90 Å². The van der Waals surface area contributed by atoms with Gasteiger partial charge in [-0.15, -0.1) is 0 Å². The number of phenols is 1. The third-order valence-electron chi connectivity index (χ3n) is 4.17. The Bertz CT molecular complexity index is 1040. The Labute approximate surface area is 161 Å². The largest absolute Gasteiger partial charge is 0.508 e. The molecule has 0 atom stereocenters. The van der Waals surface area contributed by atoms with E-state index < -0.39 is 0 Å². The summed E-state index contributed by atoms with van der Waals surface area (Å²) in [4.78, 5) is 19.2. The highest BCUT2D eigenvalue weighted by Gasteiger charge is 2.32. The zero-order valence-corrected chi connectivity index (χ0v) is 15.0. The Morgan fingerprint density at radius 3 is 2.22 bits per heavy atom. The van der Waals surface area contributed by atoms with E-state index >= 15 is 0 Å². The van der Waals surface area contributed by atoms with Crippen LogP contribution in [0.1, 0.15) is 11.1 Å². The maximum Gasteiger partial charge on any atom is 0.282 e. The molecule has 0 aromatic heterocycles. The molecule has 1 heterocycles. The molecular formula is C22H15ClN2O2. The fourth-order valence-electron chi connectivity index (χ4n) is 2.86. The lowest BCUT2D eigenvalue weighted by Crippen LogP contribution is -2.32. The fourth-order valence-corrected chi connectivity index (χ4v) is 2.98. The average Bonchev–Trinajstić information content (AvgIpc) is 3.01. The quantitative estimate of drug-likeness (QED) is 0.664. The van der Waals surface area contributed by atoms with Crippen LogP contribution in [0.15, 0.2) is 89.6 Å². The predicted octanol–water partition coefficient (Wildman–Crippen LogP) is 4.88. The van der Waals surface area contributed by atoms with E-state index in [1.54, 1.807) is 47.4 Å². The second-order valence-electron chi connectivity index (χ2n) is 6.04. The van der Waals surface area contributed by atoms with Crippen molar-refractivity contribution >= 4 is 35.1 Å². The SMILES string of the molecule is O=C1/C(=C/c2ccc(Cl)cc2)N=C(c2ccccc2)N1c1ccc(O)cc1. The van der Waals surface area contributed by atoms with E-state index in [1.165, 1.54) is 0 Å². The topological polar surface area (TPSA) is 52.9 Å². The molecule has 0 spiro atoms. The van der Waals surface area contributed by atoms with E-state index in [0.717, 1.165) is 11.1 Å². The van der Waals surface area contributed by atoms with E-state index in [-0.39, 0.29) is 11.7 Å². The maximum atomic E-state index is 13.1. The number of benzene rings is 3. The minimum atomic E-state index is -0.227. The number of aliphatic imine (C=N–C) groups is 1. The monoisotopic (exact) mass is 374 g/mol. The molecule has 27 heavy (non-hydrogen) atoms. The highest BCUT2D eigenvalue weighted by atomic mass is 35.5. The molecule has 0 aliphatic carbocycles. The number of phenolic OH excluding ortho intramolecular Hbond substituents is 1. The number of carbonyl (C=O) groups is 1. The van der Waals surface area contributed by atoms with Crippen LogP contribution in [-0.2, 0) is 4.79 Å². The Hall–Kier alpha value is -3.37. The average molecular weight is 375 g/mol. The lowest BCUT2D eigenvalue weighted by molar-refractivity contribution is -0.113. The smallest absolute Gasteiger partial charge is 0.282 e. The maximum absolute atomic E-state index is 13.1. The molecule has 3 aromatic carbocycles. The van der Waals surface area contributed by atoms with Crippen LogP contribution < -0.4 is 4.90 Å². The van der Waals surface area contributed by atoms with Crippen molar-refractivity contribution in [1.82, 2.24) is 0 Å². The number of hydrogen-bond donors (Lipinski definition) is 1. The van der Waals surface area contributed by atoms with Crippen LogP contribution in [-0.4, -0.2) is 16.8 Å². The van der Waals surface area contributed by atoms with Crippen molar-refractivity contribution in [3.63, 3.8) is 0 Å². The number of halogens is 1. The van der Waals surface area contributed by atoms with Crippen molar-refractivity contribution in [3.05, 3.63) is 101 Å². The summed E-state index contributed by atoms with van der Waals surface area (Å²) in [6.07, 6.45) is 1.74. The molecule has 1 N–H and O–H groups in total. The van der Waals surface area contributed by atoms with Crippen LogP contribution in [0.2, 0.25) is 5.02 Å². The van der Waals surface area contributed by atoms with Gasteiger partial charge in [0.1, 0.15) is 17.3 Å². The molecule has 0 fully saturated rings. The van der Waals surface area contributed by atoms with Gasteiger partial charge in [-0.25, -0.2) is 4.99 Å². The molecular weight excluding hydrogens is 360 g/mol. The van der Waals surface area contributed by atoms with Gasteiger partial charge in [0.05, 0.1) is 5.69 Å². The Balaban J connectivity index is 1.80. The number of amidine groups is 1. The van der Waals surface area contributed by atoms with E-state index in [0.29, 0.717) is 22.2 Å². The van der Waals surface area contributed by atoms with E-state index in [9.17, 15) is 9.90 Å². The third-order valence-corrected chi connectivity index (χ3v) is 4.43. The summed E-state index contributed by atoms with van der Waals surface area (Å²) >= 11 is 5.93. The second kappa shape index (κ2) is 7.09. The third kappa shape index (κ3) is 3.48. The molecule has 132 valence electrons. The summed E-state index contributed by atoms with van der Waals surface area (Å²) < 4.78 is 0. The number of rotatable bonds is 3. The molecule has 4 rings (SSSR count). The molecule has 0 bridgehead atoms. The Morgan fingerprint density at radius 1 is 0.889 bits per heavy atom. The lowest BCUT2D eigenvalue weighted by Gasteiger charge is -2.18. The Kier molecular flexibility index (Phi) is 4.48. The van der Waals surface area contributed by atoms with Crippen LogP contribution >= 0.6 is 11.6 Å². The number of amides is 1. The molecule has 1 aliphatic rings. The number of aromatic hydroxyl groups is 1. The van der Waals surface area contributed by atoms with Gasteiger partial charge in [0.15, 0.2) is 0 Å². The molecule has 5 heteroatoms. The summed E-state index contributed by atoms with van der Waals surface area (Å²) in [5, 5.41) is 10.2. The van der Waals surface area contributed by atoms with Crippen LogP contribution in [0.25, 0.3) is 6.08 Å². The molecule has 1 aliphatic heterocycles. The molecule has 1 amide bonds. The number of anilines is 1. The van der Waals surface area contributed by atoms with Crippen molar-refractivity contribution in [2.24, 2.45) is 4.99 Å². The van der Waals surface area contributed by atoms with Gasteiger partial charge in [-0.1, -0.05) is 54.1 Å². The van der Waals surface area contributed by atoms with Gasteiger partial charge in [-0.05, 0) is 48.0 Å². The molecule has 0 radical (unpaired) electrons. The first-order valence-corrected chi connectivity index (χ1v) is 8.74. The zero-order valence-electron chi connectivity index (χ0n) is 14.2. The Morgan fingerprint density at radius 2 is 1.56 bits per heavy atom. The van der Waals surface area contributed by atoms with Gasteiger partial charge in [0.2, 0.25) is 0 Å².